The fourth-order valence-electron chi connectivity index (χ4n) is 2.62. The van der Waals surface area contributed by atoms with Crippen LogP contribution in [0, 0.1) is 11.7 Å². The Morgan fingerprint density at radius 3 is 2.67 bits per heavy atom. The molecule has 0 spiro atoms. The van der Waals surface area contributed by atoms with Crippen LogP contribution in [-0.4, -0.2) is 19.1 Å². The molecule has 0 radical (unpaired) electrons. The molecule has 126 valence electrons. The van der Waals surface area contributed by atoms with E-state index < -0.39 is 0 Å². The second-order valence-electron chi connectivity index (χ2n) is 5.82. The summed E-state index contributed by atoms with van der Waals surface area (Å²) in [5.74, 6) is 0.414. The van der Waals surface area contributed by atoms with Crippen LogP contribution in [0.25, 0.3) is 0 Å². The lowest BCUT2D eigenvalue weighted by molar-refractivity contribution is -0.122. The molecule has 1 saturated heterocycles. The van der Waals surface area contributed by atoms with E-state index in [0.717, 1.165) is 18.4 Å². The molecule has 0 atom stereocenters. The van der Waals surface area contributed by atoms with Gasteiger partial charge in [-0.1, -0.05) is 18.2 Å². The molecular formula is C19H20FNO3. The number of carbonyl (C=O) groups excluding carboxylic acids is 1. The van der Waals surface area contributed by atoms with Gasteiger partial charge in [0.15, 0.2) is 0 Å². The number of anilines is 1. The van der Waals surface area contributed by atoms with Crippen LogP contribution in [0.3, 0.4) is 0 Å². The number of ether oxygens (including phenoxy) is 2. The lowest BCUT2D eigenvalue weighted by Crippen LogP contribution is -2.28. The minimum atomic E-state index is -0.267. The normalized spacial score (nSPS) is 15.0. The minimum Gasteiger partial charge on any atom is -0.489 e. The molecule has 1 amide bonds. The minimum absolute atomic E-state index is 0.00235. The zero-order chi connectivity index (χ0) is 16.8. The highest BCUT2D eigenvalue weighted by atomic mass is 19.1. The lowest BCUT2D eigenvalue weighted by Gasteiger charge is -2.21. The van der Waals surface area contributed by atoms with Gasteiger partial charge < -0.3 is 14.8 Å². The summed E-state index contributed by atoms with van der Waals surface area (Å²) in [6.45, 7) is 1.62. The van der Waals surface area contributed by atoms with E-state index in [1.165, 1.54) is 12.1 Å². The number of nitrogens with one attached hydrogen (secondary N) is 1. The monoisotopic (exact) mass is 329 g/mol. The molecule has 5 heteroatoms. The van der Waals surface area contributed by atoms with Gasteiger partial charge in [0.1, 0.15) is 18.2 Å². The van der Waals surface area contributed by atoms with Crippen molar-refractivity contribution in [2.24, 2.45) is 5.92 Å². The van der Waals surface area contributed by atoms with Crippen molar-refractivity contribution in [1.29, 1.82) is 0 Å². The van der Waals surface area contributed by atoms with E-state index in [-0.39, 0.29) is 17.6 Å². The Labute approximate surface area is 140 Å². The molecule has 3 rings (SSSR count). The molecule has 2 aromatic rings. The number of hydrogen-bond donors (Lipinski definition) is 1. The maximum Gasteiger partial charge on any atom is 0.227 e. The summed E-state index contributed by atoms with van der Waals surface area (Å²) in [5, 5.41) is 2.93. The van der Waals surface area contributed by atoms with Gasteiger partial charge in [0.2, 0.25) is 5.91 Å². The first-order valence-electron chi connectivity index (χ1n) is 8.06. The number of hydrogen-bond acceptors (Lipinski definition) is 3. The maximum absolute atomic E-state index is 12.9. The molecule has 1 N–H and O–H groups in total. The fraction of sp³-hybridized carbons (Fsp3) is 0.316. The predicted molar refractivity (Wildman–Crippen MR) is 89.3 cm³/mol. The van der Waals surface area contributed by atoms with Crippen LogP contribution in [0.4, 0.5) is 10.1 Å². The predicted octanol–water partition coefficient (Wildman–Crippen LogP) is 3.77. The molecule has 0 aliphatic carbocycles. The van der Waals surface area contributed by atoms with Gasteiger partial charge >= 0.3 is 0 Å². The average Bonchev–Trinajstić information content (AvgIpc) is 2.62. The Bertz CT molecular complexity index is 681. The van der Waals surface area contributed by atoms with Crippen LogP contribution in [0.2, 0.25) is 0 Å². The van der Waals surface area contributed by atoms with Crippen LogP contribution >= 0.6 is 0 Å². The fourth-order valence-corrected chi connectivity index (χ4v) is 2.62. The molecule has 24 heavy (non-hydrogen) atoms. The van der Waals surface area contributed by atoms with Crippen molar-refractivity contribution in [2.45, 2.75) is 19.4 Å². The summed E-state index contributed by atoms with van der Waals surface area (Å²) >= 11 is 0. The van der Waals surface area contributed by atoms with E-state index >= 15 is 0 Å². The van der Waals surface area contributed by atoms with E-state index in [2.05, 4.69) is 5.32 Å². The first-order chi connectivity index (χ1) is 11.7. The highest BCUT2D eigenvalue weighted by Crippen LogP contribution is 2.21. The van der Waals surface area contributed by atoms with E-state index in [0.29, 0.717) is 31.3 Å². The molecule has 2 aromatic carbocycles. The van der Waals surface area contributed by atoms with Gasteiger partial charge in [-0.15, -0.1) is 0 Å². The summed E-state index contributed by atoms with van der Waals surface area (Å²) in [7, 11) is 0. The lowest BCUT2D eigenvalue weighted by atomic mass is 9.99. The molecule has 1 fully saturated rings. The SMILES string of the molecule is O=C(Nc1cccc(OCc2ccc(F)cc2)c1)C1CCOCC1. The van der Waals surface area contributed by atoms with Crippen molar-refractivity contribution < 1.29 is 18.7 Å². The first-order valence-corrected chi connectivity index (χ1v) is 8.06. The van der Waals surface area contributed by atoms with Crippen LogP contribution in [0.15, 0.2) is 48.5 Å². The van der Waals surface area contributed by atoms with Crippen molar-refractivity contribution in [3.8, 4) is 5.75 Å². The molecule has 0 saturated carbocycles. The summed E-state index contributed by atoms with van der Waals surface area (Å²) in [4.78, 5) is 12.2. The highest BCUT2D eigenvalue weighted by molar-refractivity contribution is 5.92. The third-order valence-electron chi connectivity index (χ3n) is 4.01. The third-order valence-corrected chi connectivity index (χ3v) is 4.01. The molecule has 1 aliphatic rings. The van der Waals surface area contributed by atoms with Gasteiger partial charge in [-0.2, -0.15) is 0 Å². The zero-order valence-corrected chi connectivity index (χ0v) is 13.3. The van der Waals surface area contributed by atoms with Crippen molar-refractivity contribution >= 4 is 11.6 Å². The Morgan fingerprint density at radius 1 is 1.17 bits per heavy atom. The van der Waals surface area contributed by atoms with Gasteiger partial charge in [-0.05, 0) is 42.7 Å². The molecule has 1 aliphatic heterocycles. The van der Waals surface area contributed by atoms with Crippen molar-refractivity contribution in [3.63, 3.8) is 0 Å². The largest absolute Gasteiger partial charge is 0.489 e. The second-order valence-corrected chi connectivity index (χ2v) is 5.82. The molecule has 0 unspecified atom stereocenters. The van der Waals surface area contributed by atoms with Crippen molar-refractivity contribution in [2.75, 3.05) is 18.5 Å². The number of halogens is 1. The van der Waals surface area contributed by atoms with Crippen molar-refractivity contribution in [1.82, 2.24) is 0 Å². The van der Waals surface area contributed by atoms with Gasteiger partial charge in [-0.3, -0.25) is 4.79 Å². The van der Waals surface area contributed by atoms with Crippen LogP contribution in [0.1, 0.15) is 18.4 Å². The van der Waals surface area contributed by atoms with E-state index in [4.69, 9.17) is 9.47 Å². The number of benzene rings is 2. The summed E-state index contributed by atoms with van der Waals surface area (Å²) in [6, 6.07) is 13.5. The van der Waals surface area contributed by atoms with E-state index in [1.807, 2.05) is 18.2 Å². The van der Waals surface area contributed by atoms with Gasteiger partial charge in [0.25, 0.3) is 0 Å². The second kappa shape index (κ2) is 7.93. The molecule has 4 nitrogen and oxygen atoms in total. The third kappa shape index (κ3) is 4.55. The Balaban J connectivity index is 1.57. The summed E-state index contributed by atoms with van der Waals surface area (Å²) in [5.41, 5.74) is 1.59. The van der Waals surface area contributed by atoms with Crippen LogP contribution in [0.5, 0.6) is 5.75 Å². The quantitative estimate of drug-likeness (QED) is 0.908. The van der Waals surface area contributed by atoms with E-state index in [9.17, 15) is 9.18 Å². The highest BCUT2D eigenvalue weighted by Gasteiger charge is 2.21. The van der Waals surface area contributed by atoms with Crippen LogP contribution in [-0.2, 0) is 16.1 Å². The average molecular weight is 329 g/mol. The number of amides is 1. The molecule has 0 bridgehead atoms. The molecular weight excluding hydrogens is 309 g/mol. The summed E-state index contributed by atoms with van der Waals surface area (Å²) in [6.07, 6.45) is 1.51. The van der Waals surface area contributed by atoms with Gasteiger partial charge in [-0.25, -0.2) is 4.39 Å². The number of carbonyl (C=O) groups is 1. The Morgan fingerprint density at radius 2 is 1.92 bits per heavy atom. The van der Waals surface area contributed by atoms with Gasteiger partial charge in [0, 0.05) is 30.9 Å². The Hall–Kier alpha value is -2.40. The topological polar surface area (TPSA) is 47.6 Å². The number of rotatable bonds is 5. The Kier molecular flexibility index (Phi) is 5.43. The van der Waals surface area contributed by atoms with Crippen molar-refractivity contribution in [3.05, 3.63) is 59.9 Å². The maximum atomic E-state index is 12.9. The van der Waals surface area contributed by atoms with Crippen LogP contribution < -0.4 is 10.1 Å². The van der Waals surface area contributed by atoms with Gasteiger partial charge in [0.05, 0.1) is 0 Å². The zero-order valence-electron chi connectivity index (χ0n) is 13.3. The summed E-state index contributed by atoms with van der Waals surface area (Å²) < 4.78 is 23.9. The smallest absolute Gasteiger partial charge is 0.227 e. The standard InChI is InChI=1S/C19H20FNO3/c20-16-6-4-14(5-7-16)13-24-18-3-1-2-17(12-18)21-19(22)15-8-10-23-11-9-15/h1-7,12,15H,8-11,13H2,(H,21,22). The first kappa shape index (κ1) is 16.5. The molecule has 1 heterocycles. The van der Waals surface area contributed by atoms with E-state index in [1.54, 1.807) is 18.2 Å². The molecule has 0 aromatic heterocycles.